The molecule has 3 N–H and O–H groups in total. The number of fused-ring (bicyclic) bond motifs is 18. The van der Waals surface area contributed by atoms with E-state index in [4.69, 9.17) is 13.3 Å². The highest BCUT2D eigenvalue weighted by molar-refractivity contribution is 6.14. The lowest BCUT2D eigenvalue weighted by atomic mass is 9.79. The number of hydrogen-bond acceptors (Lipinski definition) is 6. The summed E-state index contributed by atoms with van der Waals surface area (Å²) in [6.45, 7) is 14.0. The lowest BCUT2D eigenvalue weighted by Gasteiger charge is -2.25. The lowest BCUT2D eigenvalue weighted by molar-refractivity contribution is 0.660. The molecule has 0 bridgehead atoms. The fourth-order valence-corrected chi connectivity index (χ4v) is 17.2. The van der Waals surface area contributed by atoms with Crippen molar-refractivity contribution in [2.75, 3.05) is 16.0 Å². The molecule has 18 aromatic rings. The van der Waals surface area contributed by atoms with Crippen molar-refractivity contribution in [3.63, 3.8) is 0 Å². The average Bonchev–Trinajstić information content (AvgIpc) is 1.58. The maximum Gasteiger partial charge on any atom is 0.137 e. The maximum absolute atomic E-state index is 6.10. The van der Waals surface area contributed by atoms with Crippen molar-refractivity contribution < 1.29 is 13.3 Å². The quantitative estimate of drug-likeness (QED) is 0.134. The predicted octanol–water partition coefficient (Wildman–Crippen LogP) is 27.9. The molecule has 0 unspecified atom stereocenters. The second-order valence-electron chi connectivity index (χ2n) is 29.7. The van der Waals surface area contributed by atoms with E-state index in [1.165, 1.54) is 100 Å². The minimum absolute atomic E-state index is 0.0636. The Hall–Kier alpha value is -12.9. The number of hydrogen-bond donors (Lipinski definition) is 3. The van der Waals surface area contributed by atoms with Crippen LogP contribution in [-0.4, -0.2) is 0 Å². The van der Waals surface area contributed by atoms with Gasteiger partial charge in [0, 0.05) is 49.5 Å². The van der Waals surface area contributed by atoms with Gasteiger partial charge >= 0.3 is 0 Å². The van der Waals surface area contributed by atoms with E-state index in [1.54, 1.807) is 0 Å². The van der Waals surface area contributed by atoms with Crippen LogP contribution in [0, 0.1) is 0 Å². The van der Waals surface area contributed by atoms with Gasteiger partial charge in [-0.25, -0.2) is 0 Å². The molecule has 0 aliphatic heterocycles. The van der Waals surface area contributed by atoms with Crippen LogP contribution in [0.25, 0.3) is 133 Å². The number of para-hydroxylation sites is 3. The molecule has 105 heavy (non-hydrogen) atoms. The fraction of sp³-hybridized carbons (Fsp3) is 0.0909. The maximum atomic E-state index is 6.10. The fourth-order valence-electron chi connectivity index (χ4n) is 17.2. The molecule has 0 saturated heterocycles. The van der Waals surface area contributed by atoms with Crippen molar-refractivity contribution in [1.82, 2.24) is 0 Å². The standard InChI is InChI=1S/3C33H25NO/c1-33(2)27-20-22(34-28-15-9-17-30-31(28)26-12-6-7-16-29(26)35-30)18-19-24(27)25-14-8-13-23(32(25)33)21-10-4-3-5-11-21;1-33(2)27-18-15-22(21-9-4-3-5-10-21)19-26(27)24-17-16-23(20-28(24)33)34-29-12-8-14-31-32(29)25-11-6-7-13-30(25)35-31;1-33(2)27-19-22(21-9-4-3-5-10-21)15-17-24(27)25-18-16-23(20-28(25)33)34-29-12-8-14-31-32(29)26-11-6-7-13-30(26)35-31/h3*3-20,34H,1-2H3. The third-order valence-corrected chi connectivity index (χ3v) is 22.4. The van der Waals surface area contributed by atoms with Crippen LogP contribution < -0.4 is 16.0 Å². The third-order valence-electron chi connectivity index (χ3n) is 22.4. The molecule has 0 amide bonds. The number of rotatable bonds is 9. The summed E-state index contributed by atoms with van der Waals surface area (Å²) >= 11 is 0. The number of benzene rings is 15. The van der Waals surface area contributed by atoms with Gasteiger partial charge in [0.15, 0.2) is 0 Å². The molecule has 6 heteroatoms. The highest BCUT2D eigenvalue weighted by Gasteiger charge is 2.40. The van der Waals surface area contributed by atoms with E-state index in [1.807, 2.05) is 72.8 Å². The Labute approximate surface area is 610 Å². The Bertz CT molecular complexity index is 6460. The molecule has 0 atom stereocenters. The molecule has 504 valence electrons. The van der Waals surface area contributed by atoms with E-state index in [0.717, 1.165) is 99.9 Å². The van der Waals surface area contributed by atoms with Crippen LogP contribution in [0.5, 0.6) is 0 Å². The summed E-state index contributed by atoms with van der Waals surface area (Å²) in [5.41, 5.74) is 35.4. The van der Waals surface area contributed by atoms with Gasteiger partial charge in [-0.2, -0.15) is 0 Å². The molecule has 3 aliphatic rings. The monoisotopic (exact) mass is 1350 g/mol. The zero-order valence-electron chi connectivity index (χ0n) is 59.4. The van der Waals surface area contributed by atoms with Gasteiger partial charge in [0.2, 0.25) is 0 Å². The molecular weight excluding hydrogens is 1280 g/mol. The SMILES string of the molecule is CC1(C)c2cc(Nc3cccc4oc5ccccc5c34)ccc2-c2ccc(-c3ccccc3)cc21.CC1(C)c2cc(Nc3cccc4oc5ccccc5c34)ccc2-c2cccc(-c3ccccc3)c21.CC1(C)c2ccc(-c3ccccc3)cc2-c2ccc(Nc3cccc4oc5ccccc5c34)cc21. The largest absolute Gasteiger partial charge is 0.456 e. The molecule has 3 aliphatic carbocycles. The van der Waals surface area contributed by atoms with Crippen LogP contribution in [0.15, 0.2) is 341 Å². The summed E-state index contributed by atoms with van der Waals surface area (Å²) in [5, 5.41) is 17.9. The van der Waals surface area contributed by atoms with Crippen LogP contribution in [0.3, 0.4) is 0 Å². The Morgan fingerprint density at radius 2 is 0.543 bits per heavy atom. The topological polar surface area (TPSA) is 75.5 Å². The Morgan fingerprint density at radius 3 is 1.01 bits per heavy atom. The van der Waals surface area contributed by atoms with Crippen molar-refractivity contribution in [2.24, 2.45) is 0 Å². The molecule has 6 nitrogen and oxygen atoms in total. The first kappa shape index (κ1) is 63.1. The zero-order chi connectivity index (χ0) is 70.7. The summed E-state index contributed by atoms with van der Waals surface area (Å²) in [4.78, 5) is 0. The molecule has 3 heterocycles. The van der Waals surface area contributed by atoms with Crippen LogP contribution in [0.1, 0.15) is 74.9 Å². The molecule has 21 rings (SSSR count). The number of nitrogens with one attached hydrogen (secondary N) is 3. The first-order chi connectivity index (χ1) is 51.3. The summed E-state index contributed by atoms with van der Waals surface area (Å²) in [6, 6.07) is 116. The van der Waals surface area contributed by atoms with Crippen molar-refractivity contribution in [3.8, 4) is 66.8 Å². The van der Waals surface area contributed by atoms with Crippen molar-refractivity contribution in [1.29, 1.82) is 0 Å². The first-order valence-corrected chi connectivity index (χ1v) is 36.4. The molecule has 0 radical (unpaired) electrons. The zero-order valence-corrected chi connectivity index (χ0v) is 59.4. The average molecular weight is 1350 g/mol. The molecule has 0 fully saturated rings. The lowest BCUT2D eigenvalue weighted by Crippen LogP contribution is -2.16. The van der Waals surface area contributed by atoms with Crippen molar-refractivity contribution in [3.05, 3.63) is 361 Å². The van der Waals surface area contributed by atoms with E-state index in [2.05, 4.69) is 312 Å². The van der Waals surface area contributed by atoms with E-state index >= 15 is 0 Å². The van der Waals surface area contributed by atoms with Gasteiger partial charge in [-0.3, -0.25) is 0 Å². The second-order valence-corrected chi connectivity index (χ2v) is 29.7. The smallest absolute Gasteiger partial charge is 0.137 e. The van der Waals surface area contributed by atoms with Crippen LogP contribution in [0.2, 0.25) is 0 Å². The van der Waals surface area contributed by atoms with Gasteiger partial charge < -0.3 is 29.2 Å². The van der Waals surface area contributed by atoms with E-state index < -0.39 is 0 Å². The van der Waals surface area contributed by atoms with Gasteiger partial charge in [-0.15, -0.1) is 0 Å². The molecule has 15 aromatic carbocycles. The van der Waals surface area contributed by atoms with Gasteiger partial charge in [0.05, 0.1) is 33.2 Å². The molecule has 0 saturated carbocycles. The minimum atomic E-state index is -0.108. The van der Waals surface area contributed by atoms with Crippen LogP contribution in [0.4, 0.5) is 34.1 Å². The van der Waals surface area contributed by atoms with Crippen LogP contribution >= 0.6 is 0 Å². The van der Waals surface area contributed by atoms with Crippen LogP contribution in [-0.2, 0) is 16.2 Å². The van der Waals surface area contributed by atoms with Gasteiger partial charge in [-0.1, -0.05) is 266 Å². The van der Waals surface area contributed by atoms with E-state index in [9.17, 15) is 0 Å². The van der Waals surface area contributed by atoms with Crippen molar-refractivity contribution in [2.45, 2.75) is 57.8 Å². The van der Waals surface area contributed by atoms with Gasteiger partial charge in [0.25, 0.3) is 0 Å². The minimum Gasteiger partial charge on any atom is -0.456 e. The summed E-state index contributed by atoms with van der Waals surface area (Å²) in [6.07, 6.45) is 0. The number of furan rings is 3. The summed E-state index contributed by atoms with van der Waals surface area (Å²) in [7, 11) is 0. The first-order valence-electron chi connectivity index (χ1n) is 36.4. The van der Waals surface area contributed by atoms with E-state index in [-0.39, 0.29) is 16.2 Å². The summed E-state index contributed by atoms with van der Waals surface area (Å²) < 4.78 is 18.3. The normalized spacial score (nSPS) is 13.7. The Balaban J connectivity index is 0.000000108. The van der Waals surface area contributed by atoms with E-state index in [0.29, 0.717) is 0 Å². The van der Waals surface area contributed by atoms with Gasteiger partial charge in [-0.05, 0) is 203 Å². The van der Waals surface area contributed by atoms with Gasteiger partial charge in [0.1, 0.15) is 33.5 Å². The highest BCUT2D eigenvalue weighted by Crippen LogP contribution is 2.55. The molecular formula is C99H75N3O3. The predicted molar refractivity (Wildman–Crippen MR) is 439 cm³/mol. The third kappa shape index (κ3) is 10.6. The molecule has 0 spiro atoms. The second kappa shape index (κ2) is 24.7. The Kier molecular flexibility index (Phi) is 14.8. The molecule has 3 aromatic heterocycles. The highest BCUT2D eigenvalue weighted by atomic mass is 16.3. The van der Waals surface area contributed by atoms with Crippen molar-refractivity contribution >= 4 is 99.9 Å². The number of anilines is 6. The summed E-state index contributed by atoms with van der Waals surface area (Å²) in [5.74, 6) is 0. The Morgan fingerprint density at radius 1 is 0.210 bits per heavy atom.